The molecule has 5 aromatic carbocycles. The predicted octanol–water partition coefficient (Wildman–Crippen LogP) is 8.84. The van der Waals surface area contributed by atoms with Crippen molar-refractivity contribution in [3.63, 3.8) is 0 Å². The summed E-state index contributed by atoms with van der Waals surface area (Å²) < 4.78 is 2.36. The minimum absolute atomic E-state index is 1.18. The number of fused-ring (bicyclic) bond motifs is 3. The van der Waals surface area contributed by atoms with Gasteiger partial charge in [0.1, 0.15) is 0 Å². The first kappa shape index (κ1) is 21.2. The first-order valence-corrected chi connectivity index (χ1v) is 12.1. The molecule has 35 heavy (non-hydrogen) atoms. The quantitative estimate of drug-likeness (QED) is 0.259. The van der Waals surface area contributed by atoms with Gasteiger partial charge in [0.2, 0.25) is 0 Å². The maximum Gasteiger partial charge on any atom is 0.0542 e. The molecule has 2 heteroatoms. The Kier molecular flexibility index (Phi) is 5.15. The summed E-state index contributed by atoms with van der Waals surface area (Å²) in [6.07, 6.45) is 0. The highest BCUT2D eigenvalue weighted by Gasteiger charge is 2.14. The van der Waals surface area contributed by atoms with Gasteiger partial charge in [-0.25, -0.2) is 0 Å². The average molecular weight is 453 g/mol. The third-order valence-electron chi connectivity index (χ3n) is 7.09. The van der Waals surface area contributed by atoms with E-state index >= 15 is 0 Å². The van der Waals surface area contributed by atoms with E-state index in [1.165, 1.54) is 61.1 Å². The molecule has 0 saturated carbocycles. The van der Waals surface area contributed by atoms with Crippen molar-refractivity contribution in [1.29, 1.82) is 0 Å². The van der Waals surface area contributed by atoms with E-state index in [-0.39, 0.29) is 0 Å². The second kappa shape index (κ2) is 8.48. The lowest BCUT2D eigenvalue weighted by Gasteiger charge is -2.21. The van der Waals surface area contributed by atoms with Crippen LogP contribution in [-0.4, -0.2) is 11.6 Å². The fourth-order valence-corrected chi connectivity index (χ4v) is 5.21. The maximum absolute atomic E-state index is 2.36. The Balaban J connectivity index is 1.45. The van der Waals surface area contributed by atoms with Crippen molar-refractivity contribution < 1.29 is 0 Å². The van der Waals surface area contributed by atoms with E-state index in [1.807, 2.05) is 0 Å². The highest BCUT2D eigenvalue weighted by Crippen LogP contribution is 2.36. The first-order valence-electron chi connectivity index (χ1n) is 12.1. The molecule has 0 unspecified atom stereocenters. The van der Waals surface area contributed by atoms with Gasteiger partial charge in [-0.2, -0.15) is 0 Å². The van der Waals surface area contributed by atoms with Crippen molar-refractivity contribution in [1.82, 2.24) is 4.57 Å². The summed E-state index contributed by atoms with van der Waals surface area (Å²) in [6.45, 7) is 4.38. The lowest BCUT2D eigenvalue weighted by molar-refractivity contribution is 1.17. The molecule has 0 N–H and O–H groups in total. The molecule has 0 aliphatic heterocycles. The molecule has 0 spiro atoms. The fourth-order valence-electron chi connectivity index (χ4n) is 5.21. The predicted molar refractivity (Wildman–Crippen MR) is 150 cm³/mol. The van der Waals surface area contributed by atoms with E-state index in [9.17, 15) is 0 Å². The standard InChI is InChI=1S/C33H28N2/c1-23-11-7-8-14-28(23)29-19-17-26(21-24(29)2)34(3)27-18-20-33-31(22-27)30-15-9-10-16-32(30)35(33)25-12-5-4-6-13-25/h4-22H,1-3H3. The molecule has 0 amide bonds. The molecule has 0 saturated heterocycles. The topological polar surface area (TPSA) is 8.17 Å². The maximum atomic E-state index is 2.36. The molecule has 0 atom stereocenters. The van der Waals surface area contributed by atoms with Crippen molar-refractivity contribution in [2.45, 2.75) is 13.8 Å². The third kappa shape index (κ3) is 3.59. The van der Waals surface area contributed by atoms with Crippen LogP contribution in [0.2, 0.25) is 0 Å². The van der Waals surface area contributed by atoms with E-state index in [0.29, 0.717) is 0 Å². The second-order valence-corrected chi connectivity index (χ2v) is 9.26. The van der Waals surface area contributed by atoms with Crippen LogP contribution in [0.5, 0.6) is 0 Å². The Morgan fingerprint density at radius 1 is 0.514 bits per heavy atom. The Morgan fingerprint density at radius 2 is 1.14 bits per heavy atom. The van der Waals surface area contributed by atoms with Crippen LogP contribution >= 0.6 is 0 Å². The molecule has 1 heterocycles. The molecule has 6 aromatic rings. The van der Waals surface area contributed by atoms with Gasteiger partial charge in [-0.3, -0.25) is 0 Å². The highest BCUT2D eigenvalue weighted by atomic mass is 15.1. The molecule has 170 valence electrons. The molecular formula is C33H28N2. The first-order chi connectivity index (χ1) is 17.1. The van der Waals surface area contributed by atoms with E-state index in [2.05, 4.69) is 146 Å². The number of anilines is 2. The fraction of sp³-hybridized carbons (Fsp3) is 0.0909. The molecule has 2 nitrogen and oxygen atoms in total. The Morgan fingerprint density at radius 3 is 1.94 bits per heavy atom. The van der Waals surface area contributed by atoms with Gasteiger partial charge < -0.3 is 9.47 Å². The summed E-state index contributed by atoms with van der Waals surface area (Å²) in [7, 11) is 2.15. The van der Waals surface area contributed by atoms with Crippen molar-refractivity contribution in [2.24, 2.45) is 0 Å². The Labute approximate surface area is 206 Å². The Hall–Kier alpha value is -4.30. The molecule has 0 aliphatic carbocycles. The van der Waals surface area contributed by atoms with Crippen LogP contribution in [0.3, 0.4) is 0 Å². The summed E-state index contributed by atoms with van der Waals surface area (Å²) in [5.74, 6) is 0. The summed E-state index contributed by atoms with van der Waals surface area (Å²) >= 11 is 0. The van der Waals surface area contributed by atoms with Crippen LogP contribution in [-0.2, 0) is 0 Å². The van der Waals surface area contributed by atoms with Gasteiger partial charge in [0, 0.05) is 34.9 Å². The number of hydrogen-bond acceptors (Lipinski definition) is 1. The molecule has 0 radical (unpaired) electrons. The minimum atomic E-state index is 1.18. The van der Waals surface area contributed by atoms with Gasteiger partial charge in [0.05, 0.1) is 11.0 Å². The average Bonchev–Trinajstić information content (AvgIpc) is 3.23. The van der Waals surface area contributed by atoms with Gasteiger partial charge in [-0.1, -0.05) is 66.7 Å². The molecule has 1 aromatic heterocycles. The third-order valence-corrected chi connectivity index (χ3v) is 7.09. The van der Waals surface area contributed by atoms with Crippen LogP contribution < -0.4 is 4.90 Å². The molecule has 0 aliphatic rings. The number of para-hydroxylation sites is 2. The summed E-state index contributed by atoms with van der Waals surface area (Å²) in [4.78, 5) is 2.28. The summed E-state index contributed by atoms with van der Waals surface area (Å²) in [6, 6.07) is 41.4. The minimum Gasteiger partial charge on any atom is -0.345 e. The van der Waals surface area contributed by atoms with E-state index in [1.54, 1.807) is 0 Å². The zero-order valence-corrected chi connectivity index (χ0v) is 20.4. The largest absolute Gasteiger partial charge is 0.345 e. The van der Waals surface area contributed by atoms with E-state index in [4.69, 9.17) is 0 Å². The van der Waals surface area contributed by atoms with Crippen molar-refractivity contribution in [3.8, 4) is 16.8 Å². The molecule has 0 bridgehead atoms. The molecule has 6 rings (SSSR count). The normalized spacial score (nSPS) is 11.3. The van der Waals surface area contributed by atoms with Crippen molar-refractivity contribution >= 4 is 33.2 Å². The second-order valence-electron chi connectivity index (χ2n) is 9.26. The van der Waals surface area contributed by atoms with Crippen LogP contribution in [0.1, 0.15) is 11.1 Å². The SMILES string of the molecule is Cc1ccccc1-c1ccc(N(C)c2ccc3c(c2)c2ccccc2n3-c2ccccc2)cc1C. The van der Waals surface area contributed by atoms with Crippen molar-refractivity contribution in [3.05, 3.63) is 126 Å². The number of rotatable bonds is 4. The lowest BCUT2D eigenvalue weighted by Crippen LogP contribution is -2.09. The summed E-state index contributed by atoms with van der Waals surface area (Å²) in [5, 5.41) is 2.54. The van der Waals surface area contributed by atoms with Crippen molar-refractivity contribution in [2.75, 3.05) is 11.9 Å². The van der Waals surface area contributed by atoms with Crippen LogP contribution in [0, 0.1) is 13.8 Å². The Bertz CT molecular complexity index is 1670. The number of benzene rings is 5. The van der Waals surface area contributed by atoms with Gasteiger partial charge in [0.15, 0.2) is 0 Å². The van der Waals surface area contributed by atoms with Crippen LogP contribution in [0.4, 0.5) is 11.4 Å². The van der Waals surface area contributed by atoms with Gasteiger partial charge >= 0.3 is 0 Å². The van der Waals surface area contributed by atoms with Gasteiger partial charge in [0.25, 0.3) is 0 Å². The monoisotopic (exact) mass is 452 g/mol. The number of aromatic nitrogens is 1. The molecule has 0 fully saturated rings. The molecular weight excluding hydrogens is 424 g/mol. The smallest absolute Gasteiger partial charge is 0.0542 e. The van der Waals surface area contributed by atoms with Crippen LogP contribution in [0.25, 0.3) is 38.6 Å². The van der Waals surface area contributed by atoms with Gasteiger partial charge in [-0.05, 0) is 84.6 Å². The number of aryl methyl sites for hydroxylation is 2. The summed E-state index contributed by atoms with van der Waals surface area (Å²) in [5.41, 5.74) is 11.2. The van der Waals surface area contributed by atoms with Gasteiger partial charge in [-0.15, -0.1) is 0 Å². The highest BCUT2D eigenvalue weighted by molar-refractivity contribution is 6.10. The zero-order chi connectivity index (χ0) is 23.9. The zero-order valence-electron chi connectivity index (χ0n) is 20.4. The lowest BCUT2D eigenvalue weighted by atomic mass is 9.96. The van der Waals surface area contributed by atoms with Crippen LogP contribution in [0.15, 0.2) is 115 Å². The van der Waals surface area contributed by atoms with E-state index in [0.717, 1.165) is 0 Å². The number of hydrogen-bond donors (Lipinski definition) is 0. The van der Waals surface area contributed by atoms with E-state index < -0.39 is 0 Å². The number of nitrogens with zero attached hydrogens (tertiary/aromatic N) is 2.